The molecule has 6 aromatic carbocycles. The number of hydrogen-bond acceptors (Lipinski definition) is 12. The SMILES string of the molecule is C[n+]1[c-]n(-c2cccc3c2[n-]c2c(-n4[c-]ncc4)occ23)cc1.C[n+]1[c-]n(-c2cccc3c2[n-]c2c(-n4[c-]ncc4)occ23)cc1.C[n+]1[c-]n(-c2cccc3c2[n-]c2c(-n4[c-]ncc4)occ23)cc1.C[n+]1[c-]n(-c2occ3c2[n-]c2c(-n4[c-]ncc4)cccc23)cc1.C[n+]1[c-]n(-c2occ3c2[n-]c2c(-n4[c-]ncc4)cccc23)cc1.C[n+]1[c-]n(-c2occ3c2[n-]c2c(-n4[c-]ncc4)cccc23)cc1.[Pt].[Pt].[Pt].[Pt].[Pt].[Pt]. The molecule has 0 aliphatic carbocycles. The Morgan fingerprint density at radius 3 is 0.528 bits per heavy atom. The van der Waals surface area contributed by atoms with Crippen LogP contribution in [0, 0.1) is 75.9 Å². The van der Waals surface area contributed by atoms with Gasteiger partial charge >= 0.3 is 0 Å². The van der Waals surface area contributed by atoms with E-state index in [9.17, 15) is 0 Å². The van der Waals surface area contributed by atoms with Crippen LogP contribution in [0.15, 0.2) is 322 Å². The van der Waals surface area contributed by atoms with Crippen LogP contribution >= 0.6 is 0 Å². The summed E-state index contributed by atoms with van der Waals surface area (Å²) < 4.78 is 67.2. The number of aromatic nitrogens is 30. The van der Waals surface area contributed by atoms with Crippen molar-refractivity contribution in [3.63, 3.8) is 0 Å². The average molecular weight is 2980 g/mol. The van der Waals surface area contributed by atoms with E-state index in [4.69, 9.17) is 56.4 Å². The Labute approximate surface area is 900 Å². The van der Waals surface area contributed by atoms with E-state index >= 15 is 0 Å². The zero-order valence-corrected chi connectivity index (χ0v) is 89.1. The van der Waals surface area contributed by atoms with Gasteiger partial charge < -0.3 is 155 Å². The van der Waals surface area contributed by atoms with E-state index in [2.05, 4.69) is 124 Å². The number of furan rings is 6. The Morgan fingerprint density at radius 1 is 0.194 bits per heavy atom. The molecule has 36 nitrogen and oxygen atoms in total. The first kappa shape index (κ1) is 97.3. The van der Waals surface area contributed by atoms with Crippen molar-refractivity contribution in [2.75, 3.05) is 0 Å². The van der Waals surface area contributed by atoms with Crippen LogP contribution in [-0.2, 0) is 169 Å². The molecule has 24 heterocycles. The number of fused-ring (bicyclic) bond motifs is 18. The van der Waals surface area contributed by atoms with Crippen molar-refractivity contribution in [2.45, 2.75) is 0 Å². The van der Waals surface area contributed by atoms with Crippen LogP contribution < -0.4 is 57.3 Å². The molecule has 732 valence electrons. The minimum absolute atomic E-state index is 0. The molecule has 24 aromatic heterocycles. The Bertz CT molecular complexity index is 8760. The fourth-order valence-electron chi connectivity index (χ4n) is 17.2. The molecule has 0 aliphatic rings. The van der Waals surface area contributed by atoms with Gasteiger partial charge in [0.1, 0.15) is 17.7 Å². The van der Waals surface area contributed by atoms with Gasteiger partial charge in [0.15, 0.2) is 17.7 Å². The topological polar surface area (TPSA) is 323 Å². The third-order valence-electron chi connectivity index (χ3n) is 23.5. The van der Waals surface area contributed by atoms with E-state index in [0.717, 1.165) is 165 Å². The molecule has 0 radical (unpaired) electrons. The van der Waals surface area contributed by atoms with Gasteiger partial charge in [-0.3, -0.25) is 13.7 Å². The molecule has 0 bridgehead atoms. The third kappa shape index (κ3) is 17.4. The fraction of sp³-hybridized carbons (Fsp3) is 0.0588. The van der Waals surface area contributed by atoms with Crippen LogP contribution in [0.1, 0.15) is 0 Å². The molecule has 0 atom stereocenters. The maximum atomic E-state index is 5.72. The van der Waals surface area contributed by atoms with E-state index in [1.165, 1.54) is 0 Å². The van der Waals surface area contributed by atoms with Crippen molar-refractivity contribution < 1.29 is 180 Å². The summed E-state index contributed by atoms with van der Waals surface area (Å²) in [6, 6.07) is 36.5. The van der Waals surface area contributed by atoms with Gasteiger partial charge in [0.05, 0.1) is 79.9 Å². The predicted molar refractivity (Wildman–Crippen MR) is 494 cm³/mol. The van der Waals surface area contributed by atoms with Crippen molar-refractivity contribution in [3.8, 4) is 69.4 Å². The molecule has 0 saturated carbocycles. The van der Waals surface area contributed by atoms with Crippen LogP contribution in [0.2, 0.25) is 0 Å². The molecule has 0 N–H and O–H groups in total. The van der Waals surface area contributed by atoms with Gasteiger partial charge in [0.25, 0.3) is 0 Å². The van der Waals surface area contributed by atoms with Crippen LogP contribution in [0.25, 0.3) is 200 Å². The zero-order valence-electron chi connectivity index (χ0n) is 75.5. The predicted octanol–water partition coefficient (Wildman–Crippen LogP) is 11.7. The van der Waals surface area contributed by atoms with Gasteiger partial charge in [-0.2, -0.15) is 0 Å². The second-order valence-corrected chi connectivity index (χ2v) is 32.2. The van der Waals surface area contributed by atoms with Gasteiger partial charge in [-0.1, -0.05) is 200 Å². The standard InChI is InChI=1S/6C17H11N5O.6Pt/c3*1-20-7-8-22(11-20)14-4-2-3-12-13-9-23-17(16(13)19-15(12)14)21-6-5-18-10-21;3*1-20-7-8-22(11-20)17-16-13(9-23-17)12-3-2-4-14(15(12)19-16)21-6-5-18-10-21;;;;;;/h6*2-9H,1H3;;;;;;/q6*-2;;;;;;. The average Bonchev–Trinajstić information content (AvgIpc) is 1.62. The summed E-state index contributed by atoms with van der Waals surface area (Å²) in [4.78, 5) is 52.6. The number of imidazole rings is 12. The Kier molecular flexibility index (Phi) is 27.3. The number of para-hydroxylation sites is 6. The van der Waals surface area contributed by atoms with Crippen LogP contribution in [0.4, 0.5) is 0 Å². The molecule has 42 heteroatoms. The molecule has 30 aromatic rings. The summed E-state index contributed by atoms with van der Waals surface area (Å²) in [6.07, 6.45) is 90.9. The molecule has 0 spiro atoms. The molecule has 0 saturated heterocycles. The summed E-state index contributed by atoms with van der Waals surface area (Å²) in [5.41, 5.74) is 16.1. The van der Waals surface area contributed by atoms with Crippen molar-refractivity contribution in [3.05, 3.63) is 371 Å². The summed E-state index contributed by atoms with van der Waals surface area (Å²) in [5, 5.41) is 12.2. The number of rotatable bonds is 12. The quantitative estimate of drug-likeness (QED) is 0.0810. The number of nitrogens with zero attached hydrogens (tertiary/aromatic N) is 30. The number of hydrogen-bond donors (Lipinski definition) is 0. The van der Waals surface area contributed by atoms with Gasteiger partial charge in [0.2, 0.25) is 38.0 Å². The molecule has 144 heavy (non-hydrogen) atoms. The first-order valence-electron chi connectivity index (χ1n) is 42.9. The van der Waals surface area contributed by atoms with E-state index in [1.54, 1.807) is 121 Å². The Morgan fingerprint density at radius 2 is 0.361 bits per heavy atom. The van der Waals surface area contributed by atoms with Gasteiger partial charge in [-0.05, 0) is 81.7 Å². The second kappa shape index (κ2) is 40.5. The number of aryl methyl sites for hydroxylation is 6. The number of benzene rings is 6. The summed E-state index contributed by atoms with van der Waals surface area (Å²) in [5.74, 6) is 3.87. The molecule has 0 fully saturated rings. The zero-order chi connectivity index (χ0) is 92.3. The second-order valence-electron chi connectivity index (χ2n) is 32.2. The molecular formula is C102H66N30O6Pt6-12. The molecule has 0 unspecified atom stereocenters. The van der Waals surface area contributed by atoms with Crippen molar-refractivity contribution in [1.82, 2.24) is 115 Å². The molecular weight excluding hydrogens is 2910 g/mol. The van der Waals surface area contributed by atoms with Crippen molar-refractivity contribution >= 4 is 131 Å². The van der Waals surface area contributed by atoms with Crippen molar-refractivity contribution in [2.24, 2.45) is 42.3 Å². The monoisotopic (exact) mass is 2980 g/mol. The van der Waals surface area contributed by atoms with E-state index in [-0.39, 0.29) is 126 Å². The minimum Gasteiger partial charge on any atom is -0.665 e. The van der Waals surface area contributed by atoms with Crippen LogP contribution in [0.5, 0.6) is 0 Å². The van der Waals surface area contributed by atoms with Gasteiger partial charge in [-0.25, -0.2) is 0 Å². The third-order valence-corrected chi connectivity index (χ3v) is 23.5. The van der Waals surface area contributed by atoms with Crippen LogP contribution in [-0.4, -0.2) is 84.7 Å². The first-order chi connectivity index (χ1) is 67.9. The smallest absolute Gasteiger partial charge is 0.245 e. The van der Waals surface area contributed by atoms with E-state index in [1.807, 2.05) is 281 Å². The molecule has 30 rings (SSSR count). The summed E-state index contributed by atoms with van der Waals surface area (Å²) >= 11 is 0. The minimum atomic E-state index is 0. The largest absolute Gasteiger partial charge is 0.665 e. The summed E-state index contributed by atoms with van der Waals surface area (Å²) in [6.45, 7) is 0. The normalized spacial score (nSPS) is 11.2. The molecule has 0 amide bonds. The maximum absolute atomic E-state index is 5.72. The van der Waals surface area contributed by atoms with Crippen LogP contribution in [0.3, 0.4) is 0 Å². The van der Waals surface area contributed by atoms with E-state index in [0.29, 0.717) is 35.3 Å². The summed E-state index contributed by atoms with van der Waals surface area (Å²) in [7, 11) is 11.6. The van der Waals surface area contributed by atoms with E-state index < -0.39 is 0 Å². The fourth-order valence-corrected chi connectivity index (χ4v) is 17.2. The Hall–Kier alpha value is -15.6. The maximum Gasteiger partial charge on any atom is 0.245 e. The van der Waals surface area contributed by atoms with Crippen molar-refractivity contribution in [1.29, 1.82) is 0 Å². The molecule has 0 aliphatic heterocycles. The van der Waals surface area contributed by atoms with Gasteiger partial charge in [0, 0.05) is 256 Å². The first-order valence-corrected chi connectivity index (χ1v) is 42.9. The van der Waals surface area contributed by atoms with Gasteiger partial charge in [-0.15, -0.1) is 49.7 Å². The Balaban J connectivity index is 0.000000108.